The normalized spacial score (nSPS) is 26.6. The van der Waals surface area contributed by atoms with Crippen molar-refractivity contribution in [2.24, 2.45) is 17.3 Å². The molecule has 0 spiro atoms. The number of phenols is 1. The number of nitrogens with zero attached hydrogens (tertiary/aromatic N) is 2. The third-order valence-electron chi connectivity index (χ3n) is 8.33. The number of Topliss-reactive ketones (excluding diaryl/α,β-unsaturated/α-hetero) is 3. The minimum absolute atomic E-state index is 0.00604. The van der Waals surface area contributed by atoms with Gasteiger partial charge in [-0.1, -0.05) is 20.8 Å². The number of benzene rings is 1. The zero-order chi connectivity index (χ0) is 30.1. The molecule has 4 rings (SSSR count). The summed E-state index contributed by atoms with van der Waals surface area (Å²) in [6.07, 6.45) is 0.357. The lowest BCUT2D eigenvalue weighted by Crippen LogP contribution is -2.65. The minimum Gasteiger partial charge on any atom is -0.508 e. The van der Waals surface area contributed by atoms with Gasteiger partial charge < -0.3 is 30.6 Å². The third kappa shape index (κ3) is 4.52. The number of carbonyl (C=O) groups excluding carboxylic acids is 3. The van der Waals surface area contributed by atoms with Crippen LogP contribution in [0, 0.1) is 17.3 Å². The molecule has 1 aromatic carbocycles. The predicted molar refractivity (Wildman–Crippen MR) is 151 cm³/mol. The summed E-state index contributed by atoms with van der Waals surface area (Å²) in [6, 6.07) is 0.829. The van der Waals surface area contributed by atoms with Crippen LogP contribution in [0.15, 0.2) is 23.0 Å². The van der Waals surface area contributed by atoms with Gasteiger partial charge in [0.05, 0.1) is 11.6 Å². The Balaban J connectivity index is 1.91. The third-order valence-corrected chi connectivity index (χ3v) is 8.33. The van der Waals surface area contributed by atoms with E-state index in [1.165, 1.54) is 0 Å². The molecule has 5 N–H and O–H groups in total. The molecule has 4 atom stereocenters. The molecule has 1 unspecified atom stereocenters. The number of carbonyl (C=O) groups is 3. The largest absolute Gasteiger partial charge is 0.508 e. The number of aromatic hydroxyl groups is 1. The molecule has 0 aliphatic heterocycles. The maximum absolute atomic E-state index is 14.1. The molecule has 3 aliphatic carbocycles. The van der Waals surface area contributed by atoms with Crippen LogP contribution in [-0.2, 0) is 27.3 Å². The van der Waals surface area contributed by atoms with E-state index in [1.54, 1.807) is 19.0 Å². The zero-order valence-electron chi connectivity index (χ0n) is 24.5. The molecule has 0 heterocycles. The van der Waals surface area contributed by atoms with E-state index in [1.807, 2.05) is 25.1 Å². The lowest BCUT2D eigenvalue weighted by Gasteiger charge is -2.50. The van der Waals surface area contributed by atoms with Crippen molar-refractivity contribution < 1.29 is 34.8 Å². The molecule has 218 valence electrons. The lowest BCUT2D eigenvalue weighted by molar-refractivity contribution is -0.153. The van der Waals surface area contributed by atoms with Crippen molar-refractivity contribution in [3.8, 4) is 5.75 Å². The maximum Gasteiger partial charge on any atom is 0.202 e. The molecule has 1 saturated carbocycles. The van der Waals surface area contributed by atoms with Gasteiger partial charge in [-0.25, -0.2) is 0 Å². The molecule has 1 aromatic rings. The SMILES string of the molecule is CC(=O)C1=C(O)[C@@]2(O)C(=O)C3=C(O)c4c(O)c(CNCC(C)(C)C)cc(N(C)C)c4C[C@H]3C[C@H]2C(N(C)C)C1=O. The monoisotopic (exact) mass is 555 g/mol. The van der Waals surface area contributed by atoms with Crippen molar-refractivity contribution >= 4 is 28.8 Å². The number of ketones is 3. The van der Waals surface area contributed by atoms with Crippen LogP contribution in [0.5, 0.6) is 5.75 Å². The van der Waals surface area contributed by atoms with E-state index in [4.69, 9.17) is 0 Å². The number of fused-ring (bicyclic) bond motifs is 3. The summed E-state index contributed by atoms with van der Waals surface area (Å²) in [6.45, 7) is 8.35. The second kappa shape index (κ2) is 10.0. The Hall–Kier alpha value is -3.21. The molecule has 10 nitrogen and oxygen atoms in total. The number of aliphatic hydroxyl groups is 3. The van der Waals surface area contributed by atoms with Gasteiger partial charge in [0, 0.05) is 49.9 Å². The number of aliphatic hydroxyl groups excluding tert-OH is 2. The second-order valence-corrected chi connectivity index (χ2v) is 13.0. The van der Waals surface area contributed by atoms with Gasteiger partial charge in [-0.05, 0) is 56.8 Å². The Kier molecular flexibility index (Phi) is 7.45. The van der Waals surface area contributed by atoms with Gasteiger partial charge in [-0.2, -0.15) is 0 Å². The summed E-state index contributed by atoms with van der Waals surface area (Å²) in [5.41, 5.74) is -1.22. The standard InChI is InChI=1S/C30H41N3O7/c1-14(34)20-26(37)23(33(7)8)18-10-15-9-17-19(32(5)6)11-16(12-31-13-29(2,3)4)24(35)22(17)25(36)21(15)28(39)30(18,40)27(20)38/h11,15,18,23,31,35-36,38,40H,9-10,12-13H2,1-8H3/t15-,18-,23?,30+/m0/s1. The average molecular weight is 556 g/mol. The van der Waals surface area contributed by atoms with Crippen molar-refractivity contribution in [3.63, 3.8) is 0 Å². The number of hydrogen-bond acceptors (Lipinski definition) is 10. The first-order valence-electron chi connectivity index (χ1n) is 13.5. The van der Waals surface area contributed by atoms with Gasteiger partial charge in [0.1, 0.15) is 22.8 Å². The summed E-state index contributed by atoms with van der Waals surface area (Å²) >= 11 is 0. The summed E-state index contributed by atoms with van der Waals surface area (Å²) < 4.78 is 0. The number of phenolic OH excluding ortho intramolecular Hbond substituents is 1. The first-order chi connectivity index (χ1) is 18.4. The Morgan fingerprint density at radius 3 is 2.27 bits per heavy atom. The number of rotatable bonds is 6. The molecule has 0 saturated heterocycles. The predicted octanol–water partition coefficient (Wildman–Crippen LogP) is 2.27. The number of nitrogens with one attached hydrogen (secondary N) is 1. The molecule has 40 heavy (non-hydrogen) atoms. The van der Waals surface area contributed by atoms with Crippen molar-refractivity contribution in [2.75, 3.05) is 39.6 Å². The van der Waals surface area contributed by atoms with Crippen LogP contribution in [0.3, 0.4) is 0 Å². The smallest absolute Gasteiger partial charge is 0.202 e. The first kappa shape index (κ1) is 29.8. The Morgan fingerprint density at radius 2 is 1.75 bits per heavy atom. The molecule has 0 bridgehead atoms. The molecule has 1 fully saturated rings. The number of anilines is 1. The highest BCUT2D eigenvalue weighted by molar-refractivity contribution is 6.25. The zero-order valence-corrected chi connectivity index (χ0v) is 24.5. The maximum atomic E-state index is 14.1. The molecule has 3 aliphatic rings. The highest BCUT2D eigenvalue weighted by Gasteiger charge is 2.64. The minimum atomic E-state index is -2.58. The van der Waals surface area contributed by atoms with E-state index in [0.717, 1.165) is 12.6 Å². The van der Waals surface area contributed by atoms with Crippen molar-refractivity contribution in [1.29, 1.82) is 0 Å². The second-order valence-electron chi connectivity index (χ2n) is 13.0. The van der Waals surface area contributed by atoms with E-state index >= 15 is 0 Å². The molecular weight excluding hydrogens is 514 g/mol. The van der Waals surface area contributed by atoms with Crippen LogP contribution in [0.1, 0.15) is 50.8 Å². The van der Waals surface area contributed by atoms with Crippen molar-refractivity contribution in [3.05, 3.63) is 39.7 Å². The van der Waals surface area contributed by atoms with E-state index < -0.39 is 57.9 Å². The Labute approximate surface area is 235 Å². The van der Waals surface area contributed by atoms with Crippen LogP contribution in [-0.4, -0.2) is 89.1 Å². The fraction of sp³-hybridized carbons (Fsp3) is 0.567. The molecule has 10 heteroatoms. The van der Waals surface area contributed by atoms with Crippen molar-refractivity contribution in [2.45, 2.75) is 58.7 Å². The molecule has 0 amide bonds. The van der Waals surface area contributed by atoms with Crippen LogP contribution >= 0.6 is 0 Å². The summed E-state index contributed by atoms with van der Waals surface area (Å²) in [4.78, 5) is 43.2. The van der Waals surface area contributed by atoms with Gasteiger partial charge in [0.2, 0.25) is 5.78 Å². The quantitative estimate of drug-likeness (QED) is 0.331. The molecular formula is C30H41N3O7. The van der Waals surface area contributed by atoms with Crippen LogP contribution < -0.4 is 10.2 Å². The fourth-order valence-electron chi connectivity index (χ4n) is 6.55. The number of hydrogen-bond donors (Lipinski definition) is 5. The van der Waals surface area contributed by atoms with Gasteiger partial charge in [-0.3, -0.25) is 19.3 Å². The Morgan fingerprint density at radius 1 is 1.12 bits per heavy atom. The van der Waals surface area contributed by atoms with Crippen LogP contribution in [0.4, 0.5) is 5.69 Å². The van der Waals surface area contributed by atoms with Crippen LogP contribution in [0.25, 0.3) is 5.76 Å². The number of likely N-dealkylation sites (N-methyl/N-ethyl adjacent to an activating group) is 1. The summed E-state index contributed by atoms with van der Waals surface area (Å²) in [7, 11) is 6.94. The fourth-order valence-corrected chi connectivity index (χ4v) is 6.55. The summed E-state index contributed by atoms with van der Waals surface area (Å²) in [5, 5.41) is 49.2. The van der Waals surface area contributed by atoms with Gasteiger partial charge >= 0.3 is 0 Å². The van der Waals surface area contributed by atoms with Crippen LogP contribution in [0.2, 0.25) is 0 Å². The van der Waals surface area contributed by atoms with E-state index in [9.17, 15) is 34.8 Å². The van der Waals surface area contributed by atoms with Crippen molar-refractivity contribution in [1.82, 2.24) is 10.2 Å². The molecule has 0 aromatic heterocycles. The summed E-state index contributed by atoms with van der Waals surface area (Å²) in [5.74, 6) is -5.61. The topological polar surface area (TPSA) is 151 Å². The van der Waals surface area contributed by atoms with Gasteiger partial charge in [-0.15, -0.1) is 0 Å². The average Bonchev–Trinajstić information content (AvgIpc) is 2.81. The first-order valence-corrected chi connectivity index (χ1v) is 13.5. The Bertz CT molecular complexity index is 1350. The highest BCUT2D eigenvalue weighted by Crippen LogP contribution is 2.54. The molecule has 0 radical (unpaired) electrons. The van der Waals surface area contributed by atoms with Gasteiger partial charge in [0.15, 0.2) is 17.2 Å². The van der Waals surface area contributed by atoms with E-state index in [0.29, 0.717) is 24.2 Å². The van der Waals surface area contributed by atoms with E-state index in [-0.39, 0.29) is 35.1 Å². The lowest BCUT2D eigenvalue weighted by atomic mass is 9.57. The van der Waals surface area contributed by atoms with Gasteiger partial charge in [0.25, 0.3) is 0 Å². The highest BCUT2D eigenvalue weighted by atomic mass is 16.3. The van der Waals surface area contributed by atoms with E-state index in [2.05, 4.69) is 26.1 Å².